The third-order valence-electron chi connectivity index (χ3n) is 8.43. The molecule has 188 valence electrons. The summed E-state index contributed by atoms with van der Waals surface area (Å²) in [4.78, 5) is 28.6. The summed E-state index contributed by atoms with van der Waals surface area (Å²) in [5.41, 5.74) is 3.69. The summed E-state index contributed by atoms with van der Waals surface area (Å²) in [6.45, 7) is 2.15. The highest BCUT2D eigenvalue weighted by Gasteiger charge is 2.51. The Hall–Kier alpha value is -3.38. The van der Waals surface area contributed by atoms with E-state index in [0.29, 0.717) is 13.0 Å². The lowest BCUT2D eigenvalue weighted by atomic mass is 9.69. The molecule has 0 fully saturated rings. The number of amides is 1. The summed E-state index contributed by atoms with van der Waals surface area (Å²) in [5.74, 6) is -1.19. The van der Waals surface area contributed by atoms with Gasteiger partial charge < -0.3 is 15.3 Å². The molecular weight excluding hydrogens is 528 g/mol. The summed E-state index contributed by atoms with van der Waals surface area (Å²) in [6.07, 6.45) is 5.53. The molecule has 3 aliphatic rings. The number of carboxylic acids is 1. The topological polar surface area (TPSA) is 69.6 Å². The number of carbonyl (C=O) groups is 2. The fourth-order valence-corrected chi connectivity index (χ4v) is 6.83. The molecule has 0 aromatic heterocycles. The monoisotopic (exact) mass is 556 g/mol. The van der Waals surface area contributed by atoms with Crippen LogP contribution in [0.1, 0.15) is 36.5 Å². The zero-order chi connectivity index (χ0) is 25.9. The Morgan fingerprint density at radius 3 is 2.65 bits per heavy atom. The molecule has 0 radical (unpaired) electrons. The smallest absolute Gasteiger partial charge is 0.316 e. The minimum atomic E-state index is -1.42. The number of fused-ring (bicyclic) bond motifs is 5. The summed E-state index contributed by atoms with van der Waals surface area (Å²) in [7, 11) is 1.75. The molecule has 1 heterocycles. The average molecular weight is 557 g/mol. The molecule has 3 aromatic rings. The lowest BCUT2D eigenvalue weighted by Gasteiger charge is -2.38. The van der Waals surface area contributed by atoms with E-state index in [0.717, 1.165) is 45.8 Å². The van der Waals surface area contributed by atoms with Crippen LogP contribution < -0.4 is 15.8 Å². The van der Waals surface area contributed by atoms with Gasteiger partial charge in [0.05, 0.1) is 0 Å². The molecule has 0 bridgehead atoms. The molecular formula is C31H29BrN2O3. The molecule has 2 atom stereocenters. The second-order valence-corrected chi connectivity index (χ2v) is 11.4. The minimum Gasteiger partial charge on any atom is -0.481 e. The first-order chi connectivity index (χ1) is 17.8. The maximum Gasteiger partial charge on any atom is 0.316 e. The molecule has 0 saturated carbocycles. The highest BCUT2D eigenvalue weighted by atomic mass is 79.9. The predicted molar refractivity (Wildman–Crippen MR) is 148 cm³/mol. The normalized spacial score (nSPS) is 19.8. The summed E-state index contributed by atoms with van der Waals surface area (Å²) in [6, 6.07) is 17.6. The molecule has 2 unspecified atom stereocenters. The van der Waals surface area contributed by atoms with Crippen molar-refractivity contribution in [2.75, 3.05) is 12.4 Å². The quantitative estimate of drug-likeness (QED) is 0.509. The Balaban J connectivity index is 1.59. The van der Waals surface area contributed by atoms with E-state index in [1.54, 1.807) is 18.9 Å². The van der Waals surface area contributed by atoms with Crippen LogP contribution in [0.25, 0.3) is 11.6 Å². The molecule has 0 saturated heterocycles. The van der Waals surface area contributed by atoms with Crippen molar-refractivity contribution in [1.29, 1.82) is 0 Å². The van der Waals surface area contributed by atoms with E-state index in [4.69, 9.17) is 0 Å². The van der Waals surface area contributed by atoms with Crippen molar-refractivity contribution in [1.82, 2.24) is 4.90 Å². The number of hydrogen-bond donors (Lipinski definition) is 2. The van der Waals surface area contributed by atoms with Gasteiger partial charge in [-0.25, -0.2) is 0 Å². The number of anilines is 1. The third-order valence-corrected chi connectivity index (χ3v) is 8.93. The number of halogens is 1. The van der Waals surface area contributed by atoms with Crippen LogP contribution in [0, 0.1) is 15.9 Å². The lowest BCUT2D eigenvalue weighted by Crippen LogP contribution is -2.54. The van der Waals surface area contributed by atoms with E-state index >= 15 is 0 Å². The Morgan fingerprint density at radius 1 is 1.05 bits per heavy atom. The maximum atomic E-state index is 13.7. The number of carbonyl (C=O) groups excluding carboxylic acids is 1. The van der Waals surface area contributed by atoms with Gasteiger partial charge in [0.2, 0.25) is 5.91 Å². The molecule has 3 aromatic carbocycles. The van der Waals surface area contributed by atoms with Gasteiger partial charge in [-0.15, -0.1) is 0 Å². The van der Waals surface area contributed by atoms with Crippen molar-refractivity contribution >= 4 is 45.1 Å². The number of hydrogen-bond acceptors (Lipinski definition) is 3. The van der Waals surface area contributed by atoms with Crippen molar-refractivity contribution in [2.45, 2.75) is 45.2 Å². The van der Waals surface area contributed by atoms with Gasteiger partial charge in [0, 0.05) is 23.8 Å². The molecule has 6 heteroatoms. The van der Waals surface area contributed by atoms with Gasteiger partial charge in [-0.05, 0) is 93.9 Å². The number of benzene rings is 3. The van der Waals surface area contributed by atoms with Crippen LogP contribution in [0.3, 0.4) is 0 Å². The van der Waals surface area contributed by atoms with Crippen molar-refractivity contribution in [3.05, 3.63) is 96.6 Å². The number of nitrogens with zero attached hydrogens (tertiary/aromatic N) is 1. The van der Waals surface area contributed by atoms with Crippen LogP contribution >= 0.6 is 15.9 Å². The highest BCUT2D eigenvalue weighted by molar-refractivity contribution is 9.10. The van der Waals surface area contributed by atoms with Crippen molar-refractivity contribution in [3.63, 3.8) is 0 Å². The molecule has 1 amide bonds. The first kappa shape index (κ1) is 24.0. The van der Waals surface area contributed by atoms with E-state index in [1.807, 2.05) is 18.2 Å². The van der Waals surface area contributed by atoms with E-state index in [9.17, 15) is 14.7 Å². The van der Waals surface area contributed by atoms with Crippen LogP contribution in [-0.2, 0) is 29.0 Å². The van der Waals surface area contributed by atoms with Crippen LogP contribution in [0.4, 0.5) is 5.69 Å². The van der Waals surface area contributed by atoms with E-state index in [-0.39, 0.29) is 5.91 Å². The van der Waals surface area contributed by atoms with Crippen molar-refractivity contribution < 1.29 is 14.7 Å². The molecule has 2 aliphatic carbocycles. The van der Waals surface area contributed by atoms with Gasteiger partial charge in [0.25, 0.3) is 0 Å². The number of rotatable bonds is 3. The average Bonchev–Trinajstić information content (AvgIpc) is 3.02. The number of nitrogens with one attached hydrogen (secondary N) is 1. The number of aliphatic carboxylic acids is 1. The fraction of sp³-hybridized carbons (Fsp3) is 0.290. The number of carboxylic acid groups (broad SMARTS) is 1. The van der Waals surface area contributed by atoms with Crippen LogP contribution in [0.15, 0.2) is 59.1 Å². The molecule has 6 rings (SSSR count). The molecule has 0 spiro atoms. The predicted octanol–water partition coefficient (Wildman–Crippen LogP) is 4.10. The summed E-state index contributed by atoms with van der Waals surface area (Å²) in [5, 5.41) is 18.8. The molecule has 5 nitrogen and oxygen atoms in total. The first-order valence-corrected chi connectivity index (χ1v) is 13.6. The highest BCUT2D eigenvalue weighted by Crippen LogP contribution is 2.41. The second kappa shape index (κ2) is 8.88. The Kier molecular flexibility index (Phi) is 5.75. The van der Waals surface area contributed by atoms with E-state index < -0.39 is 17.4 Å². The van der Waals surface area contributed by atoms with Crippen LogP contribution in [0.5, 0.6) is 0 Å². The zero-order valence-corrected chi connectivity index (χ0v) is 22.6. The van der Waals surface area contributed by atoms with Gasteiger partial charge in [-0.1, -0.05) is 58.4 Å². The van der Waals surface area contributed by atoms with Crippen molar-refractivity contribution in [2.24, 2.45) is 5.41 Å². The van der Waals surface area contributed by atoms with Gasteiger partial charge in [-0.3, -0.25) is 9.59 Å². The number of likely N-dealkylation sites (N-methyl/N-ethyl adjacent to an activating group) is 1. The first-order valence-electron chi connectivity index (χ1n) is 12.8. The van der Waals surface area contributed by atoms with Crippen molar-refractivity contribution in [3.8, 4) is 0 Å². The van der Waals surface area contributed by atoms with Gasteiger partial charge in [0.15, 0.2) is 0 Å². The van der Waals surface area contributed by atoms with Gasteiger partial charge in [0.1, 0.15) is 11.5 Å². The Labute approximate surface area is 223 Å². The largest absolute Gasteiger partial charge is 0.481 e. The van der Waals surface area contributed by atoms with E-state index in [1.165, 1.54) is 26.8 Å². The molecule has 1 aliphatic heterocycles. The SMILES string of the molecule is CN1Cc2cc(Br)ccc2NC(C(C)(C(=O)O)C2=c3ccc4c(c3CCC2)CC=c2ccccc2=4)C1=O. The van der Waals surface area contributed by atoms with Crippen LogP contribution in [0.2, 0.25) is 0 Å². The lowest BCUT2D eigenvalue weighted by molar-refractivity contribution is -0.149. The Morgan fingerprint density at radius 2 is 1.84 bits per heavy atom. The maximum absolute atomic E-state index is 13.7. The van der Waals surface area contributed by atoms with Gasteiger partial charge >= 0.3 is 5.97 Å². The van der Waals surface area contributed by atoms with Gasteiger partial charge in [-0.2, -0.15) is 0 Å². The molecule has 2 N–H and O–H groups in total. The summed E-state index contributed by atoms with van der Waals surface area (Å²) < 4.78 is 0.923. The zero-order valence-electron chi connectivity index (χ0n) is 21.0. The fourth-order valence-electron chi connectivity index (χ4n) is 6.42. The Bertz CT molecular complexity index is 1700. The standard InChI is InChI=1S/C31H29BrN2O3/c1-31(30(36)37,28-29(35)34(2)17-19-16-20(32)11-15-27(19)33-28)26-9-5-8-22-24-12-10-18-6-3-4-7-21(18)23(24)13-14-25(22)26/h3-4,6-7,10-11,13-16,28,33H,5,8-9,12,17H2,1-2H3,(H,36,37). The third kappa shape index (κ3) is 3.72. The molecule has 37 heavy (non-hydrogen) atoms. The summed E-state index contributed by atoms with van der Waals surface area (Å²) >= 11 is 3.52. The van der Waals surface area contributed by atoms with E-state index in [2.05, 4.69) is 63.7 Å². The minimum absolute atomic E-state index is 0.211. The van der Waals surface area contributed by atoms with Crippen LogP contribution in [-0.4, -0.2) is 35.0 Å². The second-order valence-electron chi connectivity index (χ2n) is 10.5.